The van der Waals surface area contributed by atoms with Gasteiger partial charge in [0.15, 0.2) is 17.7 Å². The number of hydrogen-bond acceptors (Lipinski definition) is 7. The third kappa shape index (κ3) is 9.13. The van der Waals surface area contributed by atoms with Crippen LogP contribution >= 0.6 is 0 Å². The van der Waals surface area contributed by atoms with Crippen LogP contribution in [0.25, 0.3) is 0 Å². The zero-order valence-electron chi connectivity index (χ0n) is 21.4. The number of carbonyl (C=O) groups is 2. The van der Waals surface area contributed by atoms with E-state index in [4.69, 9.17) is 10.5 Å². The molecule has 5 atom stereocenters. The third-order valence-electron chi connectivity index (χ3n) is 7.06. The van der Waals surface area contributed by atoms with Crippen LogP contribution in [0.3, 0.4) is 0 Å². The monoisotopic (exact) mass is 497 g/mol. The highest BCUT2D eigenvalue weighted by Gasteiger charge is 2.48. The first-order valence-corrected chi connectivity index (χ1v) is 13.6. The van der Waals surface area contributed by atoms with E-state index in [0.717, 1.165) is 24.2 Å². The second-order valence-corrected chi connectivity index (χ2v) is 10.0. The van der Waals surface area contributed by atoms with Crippen LogP contribution in [-0.2, 0) is 9.53 Å². The summed E-state index contributed by atoms with van der Waals surface area (Å²) in [6.07, 6.45) is 15.3. The number of nitrogens with two attached hydrogens (primary N) is 1. The van der Waals surface area contributed by atoms with Gasteiger partial charge >= 0.3 is 6.03 Å². The lowest BCUT2D eigenvalue weighted by atomic mass is 9.98. The van der Waals surface area contributed by atoms with Gasteiger partial charge in [-0.3, -0.25) is 15.4 Å². The summed E-state index contributed by atoms with van der Waals surface area (Å²) >= 11 is 0. The number of amides is 2. The Morgan fingerprint density at radius 3 is 1.94 bits per heavy atom. The van der Waals surface area contributed by atoms with Crippen molar-refractivity contribution in [1.82, 2.24) is 10.2 Å². The number of hydrogen-bond donors (Lipinski definition) is 5. The number of rotatable bonds is 18. The quantitative estimate of drug-likeness (QED) is 0.183. The fourth-order valence-electron chi connectivity index (χ4n) is 4.71. The molecular weight excluding hydrogens is 450 g/mol. The average molecular weight is 498 g/mol. The number of carbonyl (C=O) groups excluding carboxylic acids is 2. The molecule has 0 aliphatic carbocycles. The van der Waals surface area contributed by atoms with Crippen molar-refractivity contribution in [3.05, 3.63) is 12.3 Å². The van der Waals surface area contributed by atoms with E-state index in [9.17, 15) is 24.9 Å². The molecule has 9 heteroatoms. The highest BCUT2D eigenvalue weighted by Crippen LogP contribution is 2.26. The predicted octanol–water partition coefficient (Wildman–Crippen LogP) is 3.06. The van der Waals surface area contributed by atoms with E-state index in [1.807, 2.05) is 0 Å². The topological polar surface area (TPSA) is 145 Å². The van der Waals surface area contributed by atoms with Gasteiger partial charge in [0, 0.05) is 12.6 Å². The lowest BCUT2D eigenvalue weighted by molar-refractivity contribution is -0.124. The summed E-state index contributed by atoms with van der Waals surface area (Å²) in [5, 5.41) is 31.7. The minimum Gasteiger partial charge on any atom is -0.394 e. The van der Waals surface area contributed by atoms with Crippen molar-refractivity contribution in [3.8, 4) is 0 Å². The molecule has 2 rings (SSSR count). The maximum Gasteiger partial charge on any atom is 0.325 e. The number of urea groups is 1. The Balaban J connectivity index is 1.58. The van der Waals surface area contributed by atoms with Gasteiger partial charge in [0.1, 0.15) is 18.3 Å². The maximum absolute atomic E-state index is 12.7. The van der Waals surface area contributed by atoms with Crippen molar-refractivity contribution in [3.63, 3.8) is 0 Å². The van der Waals surface area contributed by atoms with E-state index >= 15 is 0 Å². The molecule has 0 radical (unpaired) electrons. The first-order valence-electron chi connectivity index (χ1n) is 13.6. The van der Waals surface area contributed by atoms with Crippen molar-refractivity contribution in [2.75, 3.05) is 6.61 Å². The van der Waals surface area contributed by atoms with Gasteiger partial charge < -0.3 is 25.4 Å². The van der Waals surface area contributed by atoms with E-state index in [2.05, 4.69) is 12.2 Å². The number of ketones is 1. The molecular formula is C26H47N3O6. The van der Waals surface area contributed by atoms with Gasteiger partial charge in [-0.15, -0.1) is 0 Å². The maximum atomic E-state index is 12.7. The number of ether oxygens (including phenoxy) is 1. The molecule has 0 spiro atoms. The zero-order valence-corrected chi connectivity index (χ0v) is 21.4. The van der Waals surface area contributed by atoms with Crippen LogP contribution in [0.4, 0.5) is 4.79 Å². The van der Waals surface area contributed by atoms with Crippen molar-refractivity contribution in [1.29, 1.82) is 0 Å². The Morgan fingerprint density at radius 1 is 0.971 bits per heavy atom. The molecule has 2 aliphatic heterocycles. The van der Waals surface area contributed by atoms with Gasteiger partial charge in [-0.05, 0) is 12.5 Å². The summed E-state index contributed by atoms with van der Waals surface area (Å²) in [7, 11) is 0. The van der Waals surface area contributed by atoms with E-state index in [1.54, 1.807) is 0 Å². The van der Waals surface area contributed by atoms with Gasteiger partial charge in [-0.25, -0.2) is 4.79 Å². The van der Waals surface area contributed by atoms with Gasteiger partial charge in [-0.1, -0.05) is 90.4 Å². The average Bonchev–Trinajstić information content (AvgIpc) is 3.12. The number of Topliss-reactive ketones (excluding diaryl/α,β-unsaturated/α-hetero) is 1. The second-order valence-electron chi connectivity index (χ2n) is 10.0. The van der Waals surface area contributed by atoms with E-state index < -0.39 is 42.8 Å². The van der Waals surface area contributed by atoms with Crippen LogP contribution in [0.5, 0.6) is 0 Å². The predicted molar refractivity (Wildman–Crippen MR) is 134 cm³/mol. The van der Waals surface area contributed by atoms with Gasteiger partial charge in [0.2, 0.25) is 0 Å². The zero-order chi connectivity index (χ0) is 25.7. The van der Waals surface area contributed by atoms with Crippen LogP contribution in [0.15, 0.2) is 12.3 Å². The van der Waals surface area contributed by atoms with Crippen molar-refractivity contribution >= 4 is 11.8 Å². The Hall–Kier alpha value is -1.52. The number of aliphatic hydroxyl groups excluding tert-OH is 3. The molecule has 0 aromatic rings. The van der Waals surface area contributed by atoms with E-state index in [0.29, 0.717) is 0 Å². The summed E-state index contributed by atoms with van der Waals surface area (Å²) in [4.78, 5) is 26.2. The Labute approximate surface area is 210 Å². The Morgan fingerprint density at radius 2 is 1.49 bits per heavy atom. The second kappa shape index (κ2) is 15.6. The normalized spacial score (nSPS) is 28.5. The highest BCUT2D eigenvalue weighted by molar-refractivity contribution is 5.95. The molecule has 6 N–H and O–H groups in total. The van der Waals surface area contributed by atoms with Gasteiger partial charge in [0.25, 0.3) is 0 Å². The number of aliphatic hydroxyl groups is 3. The Kier molecular flexibility index (Phi) is 13.2. The van der Waals surface area contributed by atoms with E-state index in [-0.39, 0.29) is 12.2 Å². The number of nitrogens with zero attached hydrogens (tertiary/aromatic N) is 1. The Bertz CT molecular complexity index is 675. The van der Waals surface area contributed by atoms with Crippen LogP contribution in [0, 0.1) is 0 Å². The lowest BCUT2D eigenvalue weighted by Crippen LogP contribution is -2.66. The molecule has 35 heavy (non-hydrogen) atoms. The summed E-state index contributed by atoms with van der Waals surface area (Å²) in [5.41, 5.74) is 4.53. The molecule has 1 fully saturated rings. The van der Waals surface area contributed by atoms with Crippen LogP contribution in [-0.4, -0.2) is 68.8 Å². The molecule has 0 bridgehead atoms. The van der Waals surface area contributed by atoms with Crippen LogP contribution < -0.4 is 11.1 Å². The highest BCUT2D eigenvalue weighted by atomic mass is 16.6. The summed E-state index contributed by atoms with van der Waals surface area (Å²) in [6.45, 7) is 1.75. The first kappa shape index (κ1) is 29.7. The minimum atomic E-state index is -1.61. The molecule has 202 valence electrons. The minimum absolute atomic E-state index is 0.271. The van der Waals surface area contributed by atoms with Crippen molar-refractivity contribution < 1.29 is 29.6 Å². The lowest BCUT2D eigenvalue weighted by Gasteiger charge is -2.36. The third-order valence-corrected chi connectivity index (χ3v) is 7.06. The molecule has 0 aromatic carbocycles. The van der Waals surface area contributed by atoms with Crippen LogP contribution in [0.1, 0.15) is 103 Å². The van der Waals surface area contributed by atoms with E-state index in [1.165, 1.54) is 82.9 Å². The fourth-order valence-corrected chi connectivity index (χ4v) is 4.71. The fraction of sp³-hybridized carbons (Fsp3) is 0.846. The molecule has 2 amide bonds. The molecule has 0 aromatic heterocycles. The van der Waals surface area contributed by atoms with Gasteiger partial charge in [0.05, 0.1) is 6.61 Å². The summed E-state index contributed by atoms with van der Waals surface area (Å²) in [5.74, 6) is -0.276. The molecule has 9 nitrogen and oxygen atoms in total. The number of unbranched alkanes of at least 4 members (excludes halogenated alkanes) is 13. The van der Waals surface area contributed by atoms with Crippen molar-refractivity contribution in [2.45, 2.75) is 133 Å². The number of nitrogens with one attached hydrogen (secondary N) is 1. The molecule has 2 heterocycles. The first-order chi connectivity index (χ1) is 16.8. The summed E-state index contributed by atoms with van der Waals surface area (Å²) in [6, 6.07) is -0.709. The summed E-state index contributed by atoms with van der Waals surface area (Å²) < 4.78 is 5.37. The van der Waals surface area contributed by atoms with Crippen LogP contribution in [0.2, 0.25) is 0 Å². The molecule has 1 saturated heterocycles. The van der Waals surface area contributed by atoms with Gasteiger partial charge in [-0.2, -0.15) is 0 Å². The molecule has 1 unspecified atom stereocenters. The standard InChI is InChI=1S/C26H47N3O6/c1-2-3-4-5-6-7-8-9-10-11-12-13-14-15-16-21(31)26(27)17-18-29(25(34)28-26)24-23(33)22(32)20(19-30)35-24/h17-18,20,22-24,30,32-33H,2-16,19,27H2,1H3,(H,28,34)/t20-,22-,23-,24-,26?/m1/s1. The molecule has 0 saturated carbocycles. The SMILES string of the molecule is CCCCCCCCCCCCCCCCC(=O)C1(N)C=CN([C@@H]2O[C@H](CO)[C@@H](O)[C@H]2O)C(=O)N1. The smallest absolute Gasteiger partial charge is 0.325 e. The van der Waals surface area contributed by atoms with Crippen molar-refractivity contribution in [2.24, 2.45) is 5.73 Å². The largest absolute Gasteiger partial charge is 0.394 e. The molecule has 2 aliphatic rings.